The highest BCUT2D eigenvalue weighted by molar-refractivity contribution is 7.98. The lowest BCUT2D eigenvalue weighted by Crippen LogP contribution is -1.95. The lowest BCUT2D eigenvalue weighted by atomic mass is 9.99. The van der Waals surface area contributed by atoms with E-state index in [1.807, 2.05) is 60.9 Å². The zero-order valence-corrected chi connectivity index (χ0v) is 15.1. The van der Waals surface area contributed by atoms with E-state index in [4.69, 9.17) is 23.2 Å². The van der Waals surface area contributed by atoms with Crippen LogP contribution in [-0.2, 0) is 0 Å². The van der Waals surface area contributed by atoms with Gasteiger partial charge in [-0.3, -0.25) is 0 Å². The average Bonchev–Trinajstić information content (AvgIpc) is 2.62. The first-order valence-corrected chi connectivity index (χ1v) is 9.11. The van der Waals surface area contributed by atoms with Gasteiger partial charge in [-0.2, -0.15) is 5.26 Å². The lowest BCUT2D eigenvalue weighted by Gasteiger charge is -2.11. The summed E-state index contributed by atoms with van der Waals surface area (Å²) >= 11 is 13.4. The molecule has 0 aliphatic carbocycles. The molecule has 1 heterocycles. The molecule has 0 atom stereocenters. The predicted octanol–water partition coefficient (Wildman–Crippen LogP) is 6.32. The molecule has 0 spiro atoms. The van der Waals surface area contributed by atoms with Gasteiger partial charge in [-0.15, -0.1) is 11.8 Å². The van der Waals surface area contributed by atoms with Crippen molar-refractivity contribution in [1.82, 2.24) is 4.98 Å². The third kappa shape index (κ3) is 3.42. The topological polar surface area (TPSA) is 36.7 Å². The van der Waals surface area contributed by atoms with Gasteiger partial charge in [0.15, 0.2) is 0 Å². The van der Waals surface area contributed by atoms with Gasteiger partial charge in [0.05, 0.1) is 11.3 Å². The number of benzene rings is 2. The fourth-order valence-corrected chi connectivity index (χ4v) is 3.20. The third-order valence-corrected chi connectivity index (χ3v) is 4.77. The van der Waals surface area contributed by atoms with Crippen LogP contribution in [0.25, 0.3) is 22.4 Å². The Morgan fingerprint density at radius 2 is 1.46 bits per heavy atom. The van der Waals surface area contributed by atoms with Gasteiger partial charge in [0, 0.05) is 21.2 Å². The van der Waals surface area contributed by atoms with Crippen LogP contribution in [0.4, 0.5) is 0 Å². The Bertz CT molecular complexity index is 914. The highest BCUT2D eigenvalue weighted by Crippen LogP contribution is 2.34. The molecule has 0 aliphatic rings. The maximum atomic E-state index is 9.60. The Labute approximate surface area is 155 Å². The molecule has 1 aromatic heterocycles. The molecule has 0 fully saturated rings. The van der Waals surface area contributed by atoms with Crippen molar-refractivity contribution in [3.63, 3.8) is 0 Å². The Kier molecular flexibility index (Phi) is 5.11. The SMILES string of the molecule is CSc1nc(-c2ccc(Cl)cc2)cc(-c2ccc(Cl)cc2)c1C#N. The van der Waals surface area contributed by atoms with Gasteiger partial charge in [0.25, 0.3) is 0 Å². The van der Waals surface area contributed by atoms with E-state index in [1.165, 1.54) is 11.8 Å². The predicted molar refractivity (Wildman–Crippen MR) is 102 cm³/mol. The van der Waals surface area contributed by atoms with Crippen LogP contribution >= 0.6 is 35.0 Å². The monoisotopic (exact) mass is 370 g/mol. The molecule has 3 rings (SSSR count). The van der Waals surface area contributed by atoms with E-state index in [0.29, 0.717) is 20.6 Å². The van der Waals surface area contributed by atoms with Crippen LogP contribution in [-0.4, -0.2) is 11.2 Å². The Morgan fingerprint density at radius 1 is 0.917 bits per heavy atom. The largest absolute Gasteiger partial charge is 0.240 e. The number of halogens is 2. The van der Waals surface area contributed by atoms with Crippen molar-refractivity contribution in [3.8, 4) is 28.5 Å². The Balaban J connectivity index is 2.23. The molecule has 0 N–H and O–H groups in total. The summed E-state index contributed by atoms with van der Waals surface area (Å²) in [4.78, 5) is 4.64. The molecule has 0 saturated heterocycles. The van der Waals surface area contributed by atoms with Crippen molar-refractivity contribution in [2.45, 2.75) is 5.03 Å². The highest BCUT2D eigenvalue weighted by Gasteiger charge is 2.14. The number of nitriles is 1. The van der Waals surface area contributed by atoms with Crippen molar-refractivity contribution < 1.29 is 0 Å². The minimum absolute atomic E-state index is 0.572. The van der Waals surface area contributed by atoms with Crippen LogP contribution in [0.15, 0.2) is 59.6 Å². The zero-order valence-electron chi connectivity index (χ0n) is 12.8. The number of nitrogens with zero attached hydrogens (tertiary/aromatic N) is 2. The average molecular weight is 371 g/mol. The second kappa shape index (κ2) is 7.27. The first-order chi connectivity index (χ1) is 11.6. The molecule has 2 nitrogen and oxygen atoms in total. The van der Waals surface area contributed by atoms with Crippen molar-refractivity contribution in [2.75, 3.05) is 6.26 Å². The lowest BCUT2D eigenvalue weighted by molar-refractivity contribution is 1.12. The van der Waals surface area contributed by atoms with Crippen molar-refractivity contribution in [2.24, 2.45) is 0 Å². The second-order valence-corrected chi connectivity index (χ2v) is 6.73. The van der Waals surface area contributed by atoms with Crippen molar-refractivity contribution in [1.29, 1.82) is 5.26 Å². The van der Waals surface area contributed by atoms with Crippen LogP contribution in [0.3, 0.4) is 0 Å². The molecule has 24 heavy (non-hydrogen) atoms. The summed E-state index contributed by atoms with van der Waals surface area (Å²) in [5.74, 6) is 0. The number of thioether (sulfide) groups is 1. The summed E-state index contributed by atoms with van der Waals surface area (Å²) in [7, 11) is 0. The van der Waals surface area contributed by atoms with E-state index in [0.717, 1.165) is 22.4 Å². The van der Waals surface area contributed by atoms with Crippen LogP contribution < -0.4 is 0 Å². The number of hydrogen-bond acceptors (Lipinski definition) is 3. The molecule has 0 saturated carbocycles. The van der Waals surface area contributed by atoms with Gasteiger partial charge in [-0.25, -0.2) is 4.98 Å². The van der Waals surface area contributed by atoms with Crippen LogP contribution in [0.2, 0.25) is 10.0 Å². The molecule has 0 aliphatic heterocycles. The normalized spacial score (nSPS) is 10.4. The quantitative estimate of drug-likeness (QED) is 0.506. The minimum atomic E-state index is 0.572. The molecular weight excluding hydrogens is 359 g/mol. The van der Waals surface area contributed by atoms with E-state index >= 15 is 0 Å². The van der Waals surface area contributed by atoms with Crippen LogP contribution in [0.1, 0.15) is 5.56 Å². The number of hydrogen-bond donors (Lipinski definition) is 0. The molecule has 5 heteroatoms. The second-order valence-electron chi connectivity index (χ2n) is 5.06. The van der Waals surface area contributed by atoms with Crippen LogP contribution in [0, 0.1) is 11.3 Å². The summed E-state index contributed by atoms with van der Waals surface area (Å²) < 4.78 is 0. The van der Waals surface area contributed by atoms with E-state index in [9.17, 15) is 5.26 Å². The van der Waals surface area contributed by atoms with E-state index < -0.39 is 0 Å². The fraction of sp³-hybridized carbons (Fsp3) is 0.0526. The minimum Gasteiger partial charge on any atom is -0.240 e. The molecule has 0 bridgehead atoms. The standard InChI is InChI=1S/C19H12Cl2N2S/c1-24-19-17(11-22)16(12-2-6-14(20)7-3-12)10-18(23-19)13-4-8-15(21)9-5-13/h2-10H,1H3. The van der Waals surface area contributed by atoms with Gasteiger partial charge >= 0.3 is 0 Å². The zero-order chi connectivity index (χ0) is 17.1. The van der Waals surface area contributed by atoms with E-state index in [1.54, 1.807) is 0 Å². The molecule has 2 aromatic carbocycles. The third-order valence-electron chi connectivity index (χ3n) is 3.59. The first kappa shape index (κ1) is 16.9. The Morgan fingerprint density at radius 3 is 1.96 bits per heavy atom. The van der Waals surface area contributed by atoms with Gasteiger partial charge < -0.3 is 0 Å². The Hall–Kier alpha value is -1.99. The van der Waals surface area contributed by atoms with Gasteiger partial charge in [-0.05, 0) is 42.2 Å². The molecule has 3 aromatic rings. The van der Waals surface area contributed by atoms with Gasteiger partial charge in [-0.1, -0.05) is 47.5 Å². The summed E-state index contributed by atoms with van der Waals surface area (Å²) in [6, 6.07) is 19.2. The summed E-state index contributed by atoms with van der Waals surface area (Å²) in [5.41, 5.74) is 4.11. The molecule has 118 valence electrons. The van der Waals surface area contributed by atoms with E-state index in [2.05, 4.69) is 11.1 Å². The molecule has 0 radical (unpaired) electrons. The van der Waals surface area contributed by atoms with Gasteiger partial charge in [0.1, 0.15) is 11.1 Å². The maximum Gasteiger partial charge on any atom is 0.115 e. The van der Waals surface area contributed by atoms with Crippen LogP contribution in [0.5, 0.6) is 0 Å². The highest BCUT2D eigenvalue weighted by atomic mass is 35.5. The summed E-state index contributed by atoms with van der Waals surface area (Å²) in [6.07, 6.45) is 1.92. The van der Waals surface area contributed by atoms with Crippen molar-refractivity contribution >= 4 is 35.0 Å². The number of pyridine rings is 1. The molecule has 0 unspecified atom stereocenters. The molecular formula is C19H12Cl2N2S. The van der Waals surface area contributed by atoms with Gasteiger partial charge in [0.2, 0.25) is 0 Å². The maximum absolute atomic E-state index is 9.60. The fourth-order valence-electron chi connectivity index (χ4n) is 2.40. The number of rotatable bonds is 3. The number of aromatic nitrogens is 1. The molecule has 0 amide bonds. The summed E-state index contributed by atoms with van der Waals surface area (Å²) in [5, 5.41) is 11.6. The van der Waals surface area contributed by atoms with Crippen molar-refractivity contribution in [3.05, 3.63) is 70.2 Å². The summed E-state index contributed by atoms with van der Waals surface area (Å²) in [6.45, 7) is 0. The first-order valence-electron chi connectivity index (χ1n) is 7.13. The smallest absolute Gasteiger partial charge is 0.115 e. The van der Waals surface area contributed by atoms with E-state index in [-0.39, 0.29) is 0 Å².